The lowest BCUT2D eigenvalue weighted by molar-refractivity contribution is -0.145. The summed E-state index contributed by atoms with van der Waals surface area (Å²) in [6.45, 7) is 1.93. The first kappa shape index (κ1) is 11.4. The van der Waals surface area contributed by atoms with Gasteiger partial charge in [0.15, 0.2) is 0 Å². The summed E-state index contributed by atoms with van der Waals surface area (Å²) in [6.07, 6.45) is 1.77. The zero-order valence-corrected chi connectivity index (χ0v) is 8.75. The second-order valence-corrected chi connectivity index (χ2v) is 3.84. The molecule has 0 aliphatic carbocycles. The molecule has 1 heterocycles. The molecule has 5 heteroatoms. The molecule has 0 aromatic carbocycles. The second-order valence-electron chi connectivity index (χ2n) is 2.90. The number of rotatable bonds is 4. The van der Waals surface area contributed by atoms with Crippen molar-refractivity contribution in [2.75, 3.05) is 12.4 Å². The van der Waals surface area contributed by atoms with Crippen LogP contribution in [0.2, 0.25) is 5.82 Å². The molecule has 0 saturated carbocycles. The van der Waals surface area contributed by atoms with E-state index < -0.39 is 11.8 Å². The summed E-state index contributed by atoms with van der Waals surface area (Å²) >= 11 is 1.54. The summed E-state index contributed by atoms with van der Waals surface area (Å²) in [5.41, 5.74) is 0. The van der Waals surface area contributed by atoms with Crippen LogP contribution in [0.25, 0.3) is 0 Å². The van der Waals surface area contributed by atoms with Crippen molar-refractivity contribution < 1.29 is 14.3 Å². The van der Waals surface area contributed by atoms with Gasteiger partial charge in [-0.3, -0.25) is 9.59 Å². The Bertz CT molecular complexity index is 265. The van der Waals surface area contributed by atoms with Gasteiger partial charge in [0, 0.05) is 11.7 Å². The molecule has 0 aromatic rings. The van der Waals surface area contributed by atoms with E-state index in [0.29, 0.717) is 5.75 Å². The number of Topliss-reactive ketones (excluding diaryl/α,β-unsaturated/α-hetero) is 1. The van der Waals surface area contributed by atoms with E-state index in [1.165, 1.54) is 0 Å². The van der Waals surface area contributed by atoms with Crippen LogP contribution in [0.4, 0.5) is 0 Å². The number of allylic oxidation sites excluding steroid dienone is 1. The summed E-state index contributed by atoms with van der Waals surface area (Å²) in [6, 6.07) is 0. The van der Waals surface area contributed by atoms with Gasteiger partial charge in [-0.05, 0) is 12.3 Å². The van der Waals surface area contributed by atoms with E-state index in [-0.39, 0.29) is 18.3 Å². The van der Waals surface area contributed by atoms with Gasteiger partial charge in [-0.25, -0.2) is 0 Å². The fourth-order valence-electron chi connectivity index (χ4n) is 1.12. The molecule has 1 aliphatic heterocycles. The minimum Gasteiger partial charge on any atom is -0.466 e. The average Bonchev–Trinajstić information content (AvgIpc) is 2.68. The molecule has 0 spiro atoms. The maximum Gasteiger partial charge on any atom is 0.307 e. The molecule has 2 unspecified atom stereocenters. The smallest absolute Gasteiger partial charge is 0.307 e. The van der Waals surface area contributed by atoms with E-state index in [0.717, 1.165) is 0 Å². The summed E-state index contributed by atoms with van der Waals surface area (Å²) in [4.78, 5) is 22.7. The third-order valence-electron chi connectivity index (χ3n) is 1.90. The molecule has 1 aliphatic rings. The van der Waals surface area contributed by atoms with Gasteiger partial charge in [0.2, 0.25) is 0 Å². The first-order valence-corrected chi connectivity index (χ1v) is 5.46. The molecule has 0 amide bonds. The number of hydrogen-bond donors (Lipinski definition) is 0. The van der Waals surface area contributed by atoms with Crippen LogP contribution in [0.1, 0.15) is 6.92 Å². The largest absolute Gasteiger partial charge is 0.466 e. The lowest BCUT2D eigenvalue weighted by atomic mass is 9.79. The van der Waals surface area contributed by atoms with Crippen molar-refractivity contribution in [3.63, 3.8) is 0 Å². The number of thioether (sulfide) groups is 1. The minimum atomic E-state index is -1.14. The molecule has 2 radical (unpaired) electrons. The van der Waals surface area contributed by atoms with Crippen LogP contribution in [0.15, 0.2) is 11.5 Å². The lowest BCUT2D eigenvalue weighted by Crippen LogP contribution is -2.26. The van der Waals surface area contributed by atoms with Crippen molar-refractivity contribution in [2.24, 2.45) is 5.92 Å². The molecule has 0 N–H and O–H groups in total. The highest BCUT2D eigenvalue weighted by Gasteiger charge is 2.28. The Kier molecular flexibility index (Phi) is 4.26. The van der Waals surface area contributed by atoms with Crippen molar-refractivity contribution in [3.8, 4) is 0 Å². The van der Waals surface area contributed by atoms with E-state index in [2.05, 4.69) is 4.74 Å². The predicted octanol–water partition coefficient (Wildman–Crippen LogP) is 0.952. The first-order valence-electron chi connectivity index (χ1n) is 4.41. The van der Waals surface area contributed by atoms with Gasteiger partial charge in [-0.1, -0.05) is 6.08 Å². The standard InChI is InChI=1S/C9H11BO3S/c1-2-13-9(12)7(10)8(11)6-3-4-14-5-6/h3-4,6-7H,2,5H2,1H3. The summed E-state index contributed by atoms with van der Waals surface area (Å²) in [5.74, 6) is -1.60. The Hall–Kier alpha value is -0.705. The fraction of sp³-hybridized carbons (Fsp3) is 0.556. The van der Waals surface area contributed by atoms with Gasteiger partial charge < -0.3 is 4.74 Å². The van der Waals surface area contributed by atoms with Crippen LogP contribution < -0.4 is 0 Å². The maximum absolute atomic E-state index is 11.6. The molecule has 0 bridgehead atoms. The highest BCUT2D eigenvalue weighted by atomic mass is 32.2. The molecule has 0 fully saturated rings. The molecule has 2 atom stereocenters. The topological polar surface area (TPSA) is 43.4 Å². The zero-order valence-electron chi connectivity index (χ0n) is 7.93. The SMILES string of the molecule is [B]C(C(=O)OCC)C(=O)C1C=CSC1. The molecular formula is C9H11BO3S. The average molecular weight is 210 g/mol. The third kappa shape index (κ3) is 2.64. The van der Waals surface area contributed by atoms with E-state index in [1.807, 2.05) is 5.41 Å². The molecule has 14 heavy (non-hydrogen) atoms. The second kappa shape index (κ2) is 5.24. The maximum atomic E-state index is 11.6. The Balaban J connectivity index is 2.51. The van der Waals surface area contributed by atoms with Crippen LogP contribution in [0.5, 0.6) is 0 Å². The molecule has 0 aromatic heterocycles. The number of ether oxygens (including phenoxy) is 1. The highest BCUT2D eigenvalue weighted by molar-refractivity contribution is 8.02. The van der Waals surface area contributed by atoms with Crippen LogP contribution >= 0.6 is 11.8 Å². The predicted molar refractivity (Wildman–Crippen MR) is 56.2 cm³/mol. The summed E-state index contributed by atoms with van der Waals surface area (Å²) in [7, 11) is 5.46. The highest BCUT2D eigenvalue weighted by Crippen LogP contribution is 2.24. The fourth-order valence-corrected chi connectivity index (χ4v) is 2.02. The number of hydrogen-bond acceptors (Lipinski definition) is 4. The van der Waals surface area contributed by atoms with Gasteiger partial charge >= 0.3 is 5.97 Å². The third-order valence-corrected chi connectivity index (χ3v) is 2.80. The van der Waals surface area contributed by atoms with E-state index in [4.69, 9.17) is 7.85 Å². The van der Waals surface area contributed by atoms with Gasteiger partial charge in [0.05, 0.1) is 20.3 Å². The van der Waals surface area contributed by atoms with Crippen molar-refractivity contribution in [2.45, 2.75) is 12.7 Å². The van der Waals surface area contributed by atoms with Crippen molar-refractivity contribution in [3.05, 3.63) is 11.5 Å². The van der Waals surface area contributed by atoms with Gasteiger partial charge in [0.1, 0.15) is 5.78 Å². The van der Waals surface area contributed by atoms with Gasteiger partial charge in [0.25, 0.3) is 0 Å². The Morgan fingerprint density at radius 2 is 2.43 bits per heavy atom. The number of carbonyl (C=O) groups is 2. The van der Waals surface area contributed by atoms with E-state index >= 15 is 0 Å². The van der Waals surface area contributed by atoms with Crippen molar-refractivity contribution in [1.29, 1.82) is 0 Å². The van der Waals surface area contributed by atoms with E-state index in [1.54, 1.807) is 24.8 Å². The summed E-state index contributed by atoms with van der Waals surface area (Å²) < 4.78 is 4.67. The summed E-state index contributed by atoms with van der Waals surface area (Å²) in [5, 5.41) is 1.85. The molecule has 3 nitrogen and oxygen atoms in total. The van der Waals surface area contributed by atoms with Crippen LogP contribution in [-0.4, -0.2) is 32.0 Å². The monoisotopic (exact) mass is 210 g/mol. The Labute approximate surface area is 88.7 Å². The van der Waals surface area contributed by atoms with E-state index in [9.17, 15) is 9.59 Å². The molecule has 74 valence electrons. The van der Waals surface area contributed by atoms with Crippen molar-refractivity contribution in [1.82, 2.24) is 0 Å². The first-order chi connectivity index (χ1) is 6.66. The van der Waals surface area contributed by atoms with Crippen LogP contribution in [0, 0.1) is 5.92 Å². The Morgan fingerprint density at radius 3 is 2.93 bits per heavy atom. The van der Waals surface area contributed by atoms with Crippen molar-refractivity contribution >= 4 is 31.4 Å². The number of ketones is 1. The van der Waals surface area contributed by atoms with Crippen LogP contribution in [0.3, 0.4) is 0 Å². The molecule has 0 saturated heterocycles. The molecular weight excluding hydrogens is 199 g/mol. The van der Waals surface area contributed by atoms with Gasteiger partial charge in [-0.15, -0.1) is 11.8 Å². The quantitative estimate of drug-likeness (QED) is 0.393. The zero-order chi connectivity index (χ0) is 10.6. The number of esters is 1. The lowest BCUT2D eigenvalue weighted by Gasteiger charge is -2.12. The van der Waals surface area contributed by atoms with Crippen LogP contribution in [-0.2, 0) is 14.3 Å². The molecule has 1 rings (SSSR count). The normalized spacial score (nSPS) is 21.9. The minimum absolute atomic E-state index is 0.237. The number of carbonyl (C=O) groups excluding carboxylic acids is 2. The van der Waals surface area contributed by atoms with Gasteiger partial charge in [-0.2, -0.15) is 0 Å². The Morgan fingerprint density at radius 1 is 1.71 bits per heavy atom.